The molecule has 0 fully saturated rings. The monoisotopic (exact) mass is 584 g/mol. The van der Waals surface area contributed by atoms with E-state index in [1.54, 1.807) is 18.2 Å². The van der Waals surface area contributed by atoms with Crippen molar-refractivity contribution in [3.05, 3.63) is 90.8 Å². The zero-order chi connectivity index (χ0) is 22.2. The third-order valence-corrected chi connectivity index (χ3v) is 5.71. The maximum absolute atomic E-state index is 11.9. The minimum absolute atomic E-state index is 0.225. The standard InChI is InChI=1S/C22H16Br2Cl2N2O3/c23-16-4-3-15(19(24)9-16)12-30-18-6-1-14(2-7-18)11-27-28-22(29)13-31-21-8-5-17(25)10-20(21)26/h1-11H,12-13H2,(H,28,29). The Balaban J connectivity index is 1.45. The summed E-state index contributed by atoms with van der Waals surface area (Å²) in [6.07, 6.45) is 1.53. The summed E-state index contributed by atoms with van der Waals surface area (Å²) in [6.45, 7) is 0.214. The summed E-state index contributed by atoms with van der Waals surface area (Å²) in [5.41, 5.74) is 4.25. The number of hydrogen-bond acceptors (Lipinski definition) is 4. The van der Waals surface area contributed by atoms with Crippen LogP contribution in [0.5, 0.6) is 11.5 Å². The van der Waals surface area contributed by atoms with E-state index in [0.717, 1.165) is 25.8 Å². The largest absolute Gasteiger partial charge is 0.489 e. The van der Waals surface area contributed by atoms with Crippen LogP contribution in [-0.2, 0) is 11.4 Å². The van der Waals surface area contributed by atoms with Crippen LogP contribution in [0, 0.1) is 0 Å². The van der Waals surface area contributed by atoms with Crippen molar-refractivity contribution in [1.29, 1.82) is 0 Å². The molecule has 0 aliphatic heterocycles. The Bertz CT molecular complexity index is 1090. The van der Waals surface area contributed by atoms with Gasteiger partial charge < -0.3 is 9.47 Å². The molecule has 0 aliphatic carbocycles. The van der Waals surface area contributed by atoms with E-state index >= 15 is 0 Å². The van der Waals surface area contributed by atoms with Gasteiger partial charge in [0.2, 0.25) is 0 Å². The molecular weight excluding hydrogens is 571 g/mol. The van der Waals surface area contributed by atoms with Crippen LogP contribution in [0.4, 0.5) is 0 Å². The molecule has 5 nitrogen and oxygen atoms in total. The quantitative estimate of drug-likeness (QED) is 0.238. The van der Waals surface area contributed by atoms with Gasteiger partial charge in [0.15, 0.2) is 6.61 Å². The number of nitrogens with one attached hydrogen (secondary N) is 1. The highest BCUT2D eigenvalue weighted by Crippen LogP contribution is 2.27. The second kappa shape index (κ2) is 11.5. The van der Waals surface area contributed by atoms with Crippen LogP contribution in [-0.4, -0.2) is 18.7 Å². The number of carbonyl (C=O) groups is 1. The molecule has 3 aromatic carbocycles. The maximum Gasteiger partial charge on any atom is 0.277 e. The first-order valence-corrected chi connectivity index (χ1v) is 11.3. The summed E-state index contributed by atoms with van der Waals surface area (Å²) in [4.78, 5) is 11.9. The molecular formula is C22H16Br2Cl2N2O3. The van der Waals surface area contributed by atoms with Crippen molar-refractivity contribution < 1.29 is 14.3 Å². The van der Waals surface area contributed by atoms with E-state index in [2.05, 4.69) is 42.4 Å². The zero-order valence-corrected chi connectivity index (χ0v) is 20.6. The van der Waals surface area contributed by atoms with Gasteiger partial charge in [-0.2, -0.15) is 5.10 Å². The highest BCUT2D eigenvalue weighted by molar-refractivity contribution is 9.11. The van der Waals surface area contributed by atoms with Gasteiger partial charge in [0.25, 0.3) is 5.91 Å². The summed E-state index contributed by atoms with van der Waals surface area (Å²) < 4.78 is 13.1. The van der Waals surface area contributed by atoms with Gasteiger partial charge >= 0.3 is 0 Å². The lowest BCUT2D eigenvalue weighted by atomic mass is 10.2. The normalized spacial score (nSPS) is 10.8. The lowest BCUT2D eigenvalue weighted by Gasteiger charge is -2.08. The Kier molecular flexibility index (Phi) is 8.78. The van der Waals surface area contributed by atoms with Gasteiger partial charge in [0.1, 0.15) is 18.1 Å². The molecule has 1 amide bonds. The highest BCUT2D eigenvalue weighted by Gasteiger charge is 2.06. The minimum Gasteiger partial charge on any atom is -0.489 e. The topological polar surface area (TPSA) is 59.9 Å². The van der Waals surface area contributed by atoms with Crippen molar-refractivity contribution in [3.63, 3.8) is 0 Å². The van der Waals surface area contributed by atoms with Crippen molar-refractivity contribution in [3.8, 4) is 11.5 Å². The Labute approximate surface area is 206 Å². The van der Waals surface area contributed by atoms with Crippen molar-refractivity contribution in [1.82, 2.24) is 5.43 Å². The number of benzene rings is 3. The van der Waals surface area contributed by atoms with Gasteiger partial charge in [-0.1, -0.05) is 61.1 Å². The molecule has 3 aromatic rings. The average Bonchev–Trinajstić information content (AvgIpc) is 2.73. The molecule has 0 saturated carbocycles. The van der Waals surface area contributed by atoms with Crippen LogP contribution < -0.4 is 14.9 Å². The molecule has 0 aliphatic rings. The van der Waals surface area contributed by atoms with E-state index in [9.17, 15) is 4.79 Å². The van der Waals surface area contributed by atoms with Crippen LogP contribution in [0.3, 0.4) is 0 Å². The Morgan fingerprint density at radius 3 is 2.48 bits per heavy atom. The number of rotatable bonds is 8. The molecule has 31 heavy (non-hydrogen) atoms. The number of halogens is 4. The van der Waals surface area contributed by atoms with Gasteiger partial charge in [0, 0.05) is 19.5 Å². The van der Waals surface area contributed by atoms with Crippen LogP contribution in [0.15, 0.2) is 74.7 Å². The van der Waals surface area contributed by atoms with Gasteiger partial charge in [0.05, 0.1) is 11.2 Å². The van der Waals surface area contributed by atoms with Crippen LogP contribution >= 0.6 is 55.1 Å². The molecule has 9 heteroatoms. The molecule has 0 aromatic heterocycles. The molecule has 0 atom stereocenters. The first-order valence-electron chi connectivity index (χ1n) is 8.97. The fourth-order valence-corrected chi connectivity index (χ4v) is 4.02. The number of carbonyl (C=O) groups excluding carboxylic acids is 1. The van der Waals surface area contributed by atoms with Gasteiger partial charge in [-0.15, -0.1) is 0 Å². The second-order valence-corrected chi connectivity index (χ2v) is 8.86. The van der Waals surface area contributed by atoms with Crippen molar-refractivity contribution in [2.45, 2.75) is 6.61 Å². The van der Waals surface area contributed by atoms with E-state index in [1.807, 2.05) is 42.5 Å². The van der Waals surface area contributed by atoms with Crippen LogP contribution in [0.2, 0.25) is 10.0 Å². The number of hydrogen-bond donors (Lipinski definition) is 1. The number of ether oxygens (including phenoxy) is 2. The number of nitrogens with zero attached hydrogens (tertiary/aromatic N) is 1. The zero-order valence-electron chi connectivity index (χ0n) is 15.9. The third kappa shape index (κ3) is 7.54. The summed E-state index contributed by atoms with van der Waals surface area (Å²) in [5, 5.41) is 4.75. The van der Waals surface area contributed by atoms with Crippen LogP contribution in [0.1, 0.15) is 11.1 Å². The average molecular weight is 587 g/mol. The molecule has 0 heterocycles. The third-order valence-electron chi connectivity index (χ3n) is 3.95. The predicted octanol–water partition coefficient (Wildman–Crippen LogP) is 6.63. The maximum atomic E-state index is 11.9. The lowest BCUT2D eigenvalue weighted by molar-refractivity contribution is -0.123. The summed E-state index contributed by atoms with van der Waals surface area (Å²) in [5.74, 6) is 0.683. The van der Waals surface area contributed by atoms with Crippen molar-refractivity contribution in [2.24, 2.45) is 5.10 Å². The fraction of sp³-hybridized carbons (Fsp3) is 0.0909. The number of hydrazone groups is 1. The van der Waals surface area contributed by atoms with E-state index < -0.39 is 5.91 Å². The van der Waals surface area contributed by atoms with Gasteiger partial charge in [-0.05, 0) is 60.2 Å². The van der Waals surface area contributed by atoms with E-state index in [-0.39, 0.29) is 6.61 Å². The fourth-order valence-electron chi connectivity index (χ4n) is 2.40. The molecule has 3 rings (SSSR count). The molecule has 0 bridgehead atoms. The van der Waals surface area contributed by atoms with Gasteiger partial charge in [-0.3, -0.25) is 4.79 Å². The highest BCUT2D eigenvalue weighted by atomic mass is 79.9. The van der Waals surface area contributed by atoms with Crippen LogP contribution in [0.25, 0.3) is 0 Å². The first-order chi connectivity index (χ1) is 14.9. The van der Waals surface area contributed by atoms with Crippen molar-refractivity contribution in [2.75, 3.05) is 6.61 Å². The van der Waals surface area contributed by atoms with Crippen molar-refractivity contribution >= 4 is 67.2 Å². The SMILES string of the molecule is O=C(COc1ccc(Cl)cc1Cl)NN=Cc1ccc(OCc2ccc(Br)cc2Br)cc1. The van der Waals surface area contributed by atoms with E-state index in [0.29, 0.717) is 22.4 Å². The molecule has 1 N–H and O–H groups in total. The van der Waals surface area contributed by atoms with Gasteiger partial charge in [-0.25, -0.2) is 5.43 Å². The number of amides is 1. The lowest BCUT2D eigenvalue weighted by Crippen LogP contribution is -2.24. The molecule has 0 radical (unpaired) electrons. The Hall–Kier alpha value is -2.06. The Morgan fingerprint density at radius 2 is 1.77 bits per heavy atom. The first kappa shape index (κ1) is 23.6. The van der Waals surface area contributed by atoms with E-state index in [4.69, 9.17) is 32.7 Å². The predicted molar refractivity (Wildman–Crippen MR) is 130 cm³/mol. The smallest absolute Gasteiger partial charge is 0.277 e. The molecule has 0 saturated heterocycles. The minimum atomic E-state index is -0.415. The second-order valence-electron chi connectivity index (χ2n) is 6.25. The van der Waals surface area contributed by atoms with E-state index in [1.165, 1.54) is 6.21 Å². The molecule has 0 spiro atoms. The molecule has 160 valence electrons. The Morgan fingerprint density at radius 1 is 1.00 bits per heavy atom. The molecule has 0 unspecified atom stereocenters. The summed E-state index contributed by atoms with van der Waals surface area (Å²) >= 11 is 18.8. The summed E-state index contributed by atoms with van der Waals surface area (Å²) in [7, 11) is 0. The summed E-state index contributed by atoms with van der Waals surface area (Å²) in [6, 6.07) is 18.0.